The molecular formula is C15H19N3O. The van der Waals surface area contributed by atoms with Crippen molar-refractivity contribution in [2.75, 3.05) is 6.54 Å². The van der Waals surface area contributed by atoms with Crippen molar-refractivity contribution < 1.29 is 4.79 Å². The number of carbonyl (C=O) groups excluding carboxylic acids is 1. The first-order valence-corrected chi connectivity index (χ1v) is 6.55. The van der Waals surface area contributed by atoms with E-state index < -0.39 is 0 Å². The molecule has 4 nitrogen and oxygen atoms in total. The first kappa shape index (κ1) is 13.3. The fourth-order valence-corrected chi connectivity index (χ4v) is 2.31. The van der Waals surface area contributed by atoms with E-state index in [9.17, 15) is 4.79 Å². The number of aryl methyl sites for hydroxylation is 1. The highest BCUT2D eigenvalue weighted by molar-refractivity contribution is 5.80. The zero-order valence-electron chi connectivity index (χ0n) is 11.1. The number of nitrogens with one attached hydrogen (secondary N) is 1. The molecule has 0 spiro atoms. The van der Waals surface area contributed by atoms with Crippen LogP contribution in [0.1, 0.15) is 30.9 Å². The van der Waals surface area contributed by atoms with Crippen molar-refractivity contribution >= 4 is 23.5 Å². The standard InChI is InChI=1S/C15H19N3O/c1-2-17-12-7-3-5-11-6-4-8-13(15(11)12)18-10-9-14(16)19/h2-3,5,7-8,18H,4,6,9-10H2,1H3,(H2,16,19). The van der Waals surface area contributed by atoms with Gasteiger partial charge in [0.25, 0.3) is 0 Å². The van der Waals surface area contributed by atoms with Crippen molar-refractivity contribution in [2.45, 2.75) is 26.2 Å². The number of primary amides is 1. The second-order valence-corrected chi connectivity index (χ2v) is 4.50. The van der Waals surface area contributed by atoms with E-state index in [1.54, 1.807) is 6.21 Å². The minimum absolute atomic E-state index is 0.288. The van der Waals surface area contributed by atoms with Crippen molar-refractivity contribution in [3.8, 4) is 0 Å². The summed E-state index contributed by atoms with van der Waals surface area (Å²) in [6.07, 6.45) is 6.34. The largest absolute Gasteiger partial charge is 0.384 e. The number of rotatable bonds is 5. The van der Waals surface area contributed by atoms with Gasteiger partial charge in [-0.25, -0.2) is 0 Å². The Hall–Kier alpha value is -2.10. The number of nitrogens with zero attached hydrogens (tertiary/aromatic N) is 1. The van der Waals surface area contributed by atoms with Crippen molar-refractivity contribution in [3.05, 3.63) is 35.4 Å². The second kappa shape index (κ2) is 6.18. The molecule has 0 bridgehead atoms. The molecule has 0 heterocycles. The number of benzene rings is 1. The molecule has 19 heavy (non-hydrogen) atoms. The van der Waals surface area contributed by atoms with Gasteiger partial charge in [-0.2, -0.15) is 0 Å². The molecule has 4 heteroatoms. The first-order valence-electron chi connectivity index (χ1n) is 6.55. The number of hydrogen-bond donors (Lipinski definition) is 2. The molecular weight excluding hydrogens is 238 g/mol. The number of allylic oxidation sites excluding steroid dienone is 1. The number of amides is 1. The molecule has 0 atom stereocenters. The van der Waals surface area contributed by atoms with E-state index in [4.69, 9.17) is 5.73 Å². The molecule has 100 valence electrons. The Labute approximate surface area is 113 Å². The zero-order chi connectivity index (χ0) is 13.7. The Balaban J connectivity index is 2.24. The summed E-state index contributed by atoms with van der Waals surface area (Å²) in [4.78, 5) is 15.2. The van der Waals surface area contributed by atoms with E-state index >= 15 is 0 Å². The lowest BCUT2D eigenvalue weighted by atomic mass is 9.93. The van der Waals surface area contributed by atoms with E-state index in [1.807, 2.05) is 19.1 Å². The molecule has 1 aliphatic rings. The third-order valence-electron chi connectivity index (χ3n) is 3.12. The van der Waals surface area contributed by atoms with Crippen molar-refractivity contribution in [1.82, 2.24) is 5.32 Å². The fourth-order valence-electron chi connectivity index (χ4n) is 2.31. The van der Waals surface area contributed by atoms with Crippen LogP contribution in [0.4, 0.5) is 5.69 Å². The Bertz CT molecular complexity index is 532. The maximum Gasteiger partial charge on any atom is 0.219 e. The van der Waals surface area contributed by atoms with Gasteiger partial charge in [0.15, 0.2) is 0 Å². The molecule has 0 fully saturated rings. The van der Waals surface area contributed by atoms with Gasteiger partial charge in [0.1, 0.15) is 0 Å². The summed E-state index contributed by atoms with van der Waals surface area (Å²) in [7, 11) is 0. The average molecular weight is 257 g/mol. The van der Waals surface area contributed by atoms with Gasteiger partial charge in [-0.3, -0.25) is 9.79 Å². The minimum atomic E-state index is -0.288. The Morgan fingerprint density at radius 2 is 2.37 bits per heavy atom. The monoisotopic (exact) mass is 257 g/mol. The summed E-state index contributed by atoms with van der Waals surface area (Å²) < 4.78 is 0. The van der Waals surface area contributed by atoms with Gasteiger partial charge >= 0.3 is 0 Å². The normalized spacial score (nSPS) is 14.1. The highest BCUT2D eigenvalue weighted by atomic mass is 16.1. The van der Waals surface area contributed by atoms with E-state index in [-0.39, 0.29) is 5.91 Å². The summed E-state index contributed by atoms with van der Waals surface area (Å²) >= 11 is 0. The molecule has 0 aliphatic heterocycles. The van der Waals surface area contributed by atoms with Crippen LogP contribution in [0, 0.1) is 0 Å². The average Bonchev–Trinajstić information content (AvgIpc) is 2.39. The summed E-state index contributed by atoms with van der Waals surface area (Å²) in [5, 5.41) is 3.29. The van der Waals surface area contributed by atoms with Crippen LogP contribution < -0.4 is 11.1 Å². The van der Waals surface area contributed by atoms with Gasteiger partial charge in [0, 0.05) is 30.4 Å². The van der Waals surface area contributed by atoms with E-state index in [0.29, 0.717) is 13.0 Å². The van der Waals surface area contributed by atoms with Crippen LogP contribution in [-0.4, -0.2) is 18.7 Å². The molecule has 0 unspecified atom stereocenters. The molecule has 1 aromatic carbocycles. The fraction of sp³-hybridized carbons (Fsp3) is 0.333. The van der Waals surface area contributed by atoms with Crippen molar-refractivity contribution in [1.29, 1.82) is 0 Å². The third kappa shape index (κ3) is 3.22. The Morgan fingerprint density at radius 1 is 1.53 bits per heavy atom. The lowest BCUT2D eigenvalue weighted by Gasteiger charge is -2.20. The molecule has 0 saturated carbocycles. The predicted octanol–water partition coefficient (Wildman–Crippen LogP) is 2.16. The SMILES string of the molecule is CC=Nc1cccc2c1C(NCCC(N)=O)=CCC2. The highest BCUT2D eigenvalue weighted by Gasteiger charge is 2.15. The van der Waals surface area contributed by atoms with Gasteiger partial charge in [0.2, 0.25) is 5.91 Å². The lowest BCUT2D eigenvalue weighted by Crippen LogP contribution is -2.22. The number of carbonyl (C=O) groups is 1. The van der Waals surface area contributed by atoms with Crippen LogP contribution in [-0.2, 0) is 11.2 Å². The van der Waals surface area contributed by atoms with Gasteiger partial charge in [0.05, 0.1) is 5.69 Å². The quantitative estimate of drug-likeness (QED) is 0.794. The molecule has 0 saturated heterocycles. The summed E-state index contributed by atoms with van der Waals surface area (Å²) in [5.41, 5.74) is 9.63. The van der Waals surface area contributed by atoms with Gasteiger partial charge in [-0.05, 0) is 31.4 Å². The van der Waals surface area contributed by atoms with E-state index in [2.05, 4.69) is 22.5 Å². The van der Waals surface area contributed by atoms with Crippen molar-refractivity contribution in [2.24, 2.45) is 10.7 Å². The van der Waals surface area contributed by atoms with Crippen LogP contribution in [0.3, 0.4) is 0 Å². The Kier molecular flexibility index (Phi) is 4.34. The number of fused-ring (bicyclic) bond motifs is 1. The van der Waals surface area contributed by atoms with Gasteiger partial charge < -0.3 is 11.1 Å². The van der Waals surface area contributed by atoms with Crippen LogP contribution in [0.2, 0.25) is 0 Å². The van der Waals surface area contributed by atoms with Gasteiger partial charge in [-0.1, -0.05) is 18.2 Å². The molecule has 1 aliphatic carbocycles. The zero-order valence-corrected chi connectivity index (χ0v) is 11.1. The van der Waals surface area contributed by atoms with Gasteiger partial charge in [-0.15, -0.1) is 0 Å². The van der Waals surface area contributed by atoms with Crippen LogP contribution in [0.5, 0.6) is 0 Å². The Morgan fingerprint density at radius 3 is 3.11 bits per heavy atom. The first-order chi connectivity index (χ1) is 9.22. The summed E-state index contributed by atoms with van der Waals surface area (Å²) in [6, 6.07) is 6.17. The summed E-state index contributed by atoms with van der Waals surface area (Å²) in [6.45, 7) is 2.47. The van der Waals surface area contributed by atoms with Crippen LogP contribution in [0.25, 0.3) is 5.70 Å². The maximum absolute atomic E-state index is 10.8. The number of aliphatic imine (C=N–C) groups is 1. The molecule has 3 N–H and O–H groups in total. The van der Waals surface area contributed by atoms with E-state index in [0.717, 1.165) is 29.8 Å². The topological polar surface area (TPSA) is 67.5 Å². The lowest BCUT2D eigenvalue weighted by molar-refractivity contribution is -0.117. The number of hydrogen-bond acceptors (Lipinski definition) is 3. The number of nitrogens with two attached hydrogens (primary N) is 1. The molecule has 1 aromatic rings. The molecule has 2 rings (SSSR count). The van der Waals surface area contributed by atoms with Crippen LogP contribution in [0.15, 0.2) is 29.3 Å². The molecule has 1 amide bonds. The highest BCUT2D eigenvalue weighted by Crippen LogP contribution is 2.32. The van der Waals surface area contributed by atoms with E-state index in [1.165, 1.54) is 5.56 Å². The summed E-state index contributed by atoms with van der Waals surface area (Å²) in [5.74, 6) is -0.288. The second-order valence-electron chi connectivity index (χ2n) is 4.50. The minimum Gasteiger partial charge on any atom is -0.384 e. The maximum atomic E-state index is 10.8. The van der Waals surface area contributed by atoms with Crippen LogP contribution >= 0.6 is 0 Å². The van der Waals surface area contributed by atoms with Crippen molar-refractivity contribution in [3.63, 3.8) is 0 Å². The molecule has 0 radical (unpaired) electrons. The third-order valence-corrected chi connectivity index (χ3v) is 3.12. The smallest absolute Gasteiger partial charge is 0.219 e. The molecule has 0 aromatic heterocycles. The predicted molar refractivity (Wildman–Crippen MR) is 78.4 cm³/mol.